The molecule has 1 heterocycles. The van der Waals surface area contributed by atoms with Gasteiger partial charge in [0.25, 0.3) is 0 Å². The van der Waals surface area contributed by atoms with Crippen molar-refractivity contribution in [3.63, 3.8) is 0 Å². The molecule has 5 nitrogen and oxygen atoms in total. The van der Waals surface area contributed by atoms with Crippen molar-refractivity contribution in [2.24, 2.45) is 0 Å². The Morgan fingerprint density at radius 3 is 2.35 bits per heavy atom. The Balaban J connectivity index is 1.43. The van der Waals surface area contributed by atoms with Gasteiger partial charge in [0.15, 0.2) is 0 Å². The highest BCUT2D eigenvalue weighted by molar-refractivity contribution is 7.85. The normalized spacial score (nSPS) is 15.6. The molecule has 1 fully saturated rings. The topological polar surface area (TPSA) is 52.7 Å². The third-order valence-corrected chi connectivity index (χ3v) is 6.02. The van der Waals surface area contributed by atoms with E-state index in [9.17, 15) is 9.00 Å². The van der Waals surface area contributed by atoms with Gasteiger partial charge in [-0.3, -0.25) is 4.21 Å². The van der Waals surface area contributed by atoms with Crippen molar-refractivity contribution >= 4 is 34.1 Å². The van der Waals surface area contributed by atoms with Crippen LogP contribution in [-0.2, 0) is 10.8 Å². The molecule has 2 aromatic rings. The molecule has 2 amide bonds. The van der Waals surface area contributed by atoms with Gasteiger partial charge in [0.1, 0.15) is 0 Å². The molecule has 3 rings (SSSR count). The van der Waals surface area contributed by atoms with Crippen LogP contribution in [0.5, 0.6) is 0 Å². The summed E-state index contributed by atoms with van der Waals surface area (Å²) in [4.78, 5) is 17.1. The monoisotopic (exact) mass is 391 g/mol. The number of nitrogens with one attached hydrogen (secondary N) is 1. The number of carbonyl (C=O) groups excluding carboxylic acids is 1. The van der Waals surface area contributed by atoms with Crippen molar-refractivity contribution in [1.82, 2.24) is 10.2 Å². The van der Waals surface area contributed by atoms with Crippen LogP contribution in [0.4, 0.5) is 10.5 Å². The summed E-state index contributed by atoms with van der Waals surface area (Å²) in [6.45, 7) is 3.16. The molecule has 0 bridgehead atoms. The second-order valence-corrected chi connectivity index (χ2v) is 8.00. The van der Waals surface area contributed by atoms with Gasteiger partial charge in [0.2, 0.25) is 0 Å². The summed E-state index contributed by atoms with van der Waals surface area (Å²) in [6, 6.07) is 17.0. The molecule has 1 aliphatic rings. The van der Waals surface area contributed by atoms with E-state index in [0.717, 1.165) is 28.7 Å². The van der Waals surface area contributed by atoms with E-state index in [2.05, 4.69) is 10.2 Å². The lowest BCUT2D eigenvalue weighted by Gasteiger charge is -2.36. The van der Waals surface area contributed by atoms with Gasteiger partial charge in [0.05, 0.1) is 21.5 Å². The number of rotatable bonds is 5. The Kier molecular flexibility index (Phi) is 6.52. The molecule has 138 valence electrons. The first-order valence-electron chi connectivity index (χ1n) is 8.61. The van der Waals surface area contributed by atoms with Gasteiger partial charge in [-0.05, 0) is 24.3 Å². The lowest BCUT2D eigenvalue weighted by Crippen LogP contribution is -2.52. The van der Waals surface area contributed by atoms with Crippen LogP contribution in [-0.4, -0.2) is 53.6 Å². The number of amides is 2. The van der Waals surface area contributed by atoms with Crippen LogP contribution in [0, 0.1) is 0 Å². The average molecular weight is 392 g/mol. The summed E-state index contributed by atoms with van der Waals surface area (Å²) < 4.78 is 12.2. The third-order valence-electron chi connectivity index (χ3n) is 4.33. The van der Waals surface area contributed by atoms with Crippen LogP contribution in [0.15, 0.2) is 59.5 Å². The number of nitrogens with zero attached hydrogens (tertiary/aromatic N) is 2. The number of halogens is 1. The lowest BCUT2D eigenvalue weighted by atomic mass is 10.2. The van der Waals surface area contributed by atoms with E-state index < -0.39 is 10.8 Å². The Hall–Kier alpha value is -2.05. The Bertz CT molecular complexity index is 764. The largest absolute Gasteiger partial charge is 0.367 e. The van der Waals surface area contributed by atoms with Crippen molar-refractivity contribution in [3.05, 3.63) is 59.6 Å². The van der Waals surface area contributed by atoms with E-state index in [1.807, 2.05) is 54.6 Å². The molecule has 0 unspecified atom stereocenters. The first kappa shape index (κ1) is 18.7. The number of hydrogen-bond donors (Lipinski definition) is 1. The summed E-state index contributed by atoms with van der Waals surface area (Å²) in [6.07, 6.45) is 0. The maximum atomic E-state index is 12.3. The summed E-state index contributed by atoms with van der Waals surface area (Å²) >= 11 is 6.24. The zero-order chi connectivity index (χ0) is 18.4. The first-order valence-corrected chi connectivity index (χ1v) is 10.3. The third kappa shape index (κ3) is 4.77. The van der Waals surface area contributed by atoms with Crippen LogP contribution < -0.4 is 10.2 Å². The maximum absolute atomic E-state index is 12.3. The standard InChI is InChI=1S/C19H22ClN3O2S/c20-17-8-4-5-9-18(17)22-11-13-23(14-12-22)19(24)21-10-15-26(25)16-6-2-1-3-7-16/h1-9H,10-15H2,(H,21,24)/t26-/m0/s1. The number of hydrogen-bond acceptors (Lipinski definition) is 3. The van der Waals surface area contributed by atoms with Crippen molar-refractivity contribution in [2.75, 3.05) is 43.4 Å². The molecule has 1 aliphatic heterocycles. The summed E-state index contributed by atoms with van der Waals surface area (Å²) in [5.41, 5.74) is 1.01. The minimum atomic E-state index is -1.09. The highest BCUT2D eigenvalue weighted by Gasteiger charge is 2.22. The van der Waals surface area contributed by atoms with Crippen molar-refractivity contribution in [3.8, 4) is 0 Å². The van der Waals surface area contributed by atoms with E-state index in [0.29, 0.717) is 25.4 Å². The molecule has 26 heavy (non-hydrogen) atoms. The Labute approximate surface area is 161 Å². The molecule has 0 aliphatic carbocycles. The van der Waals surface area contributed by atoms with Gasteiger partial charge >= 0.3 is 6.03 Å². The fourth-order valence-corrected chi connectivity index (χ4v) is 4.15. The highest BCUT2D eigenvalue weighted by Crippen LogP contribution is 2.25. The second-order valence-electron chi connectivity index (χ2n) is 6.02. The highest BCUT2D eigenvalue weighted by atomic mass is 35.5. The predicted molar refractivity (Wildman–Crippen MR) is 106 cm³/mol. The zero-order valence-electron chi connectivity index (χ0n) is 14.4. The van der Waals surface area contributed by atoms with Gasteiger partial charge in [-0.1, -0.05) is 41.9 Å². The number of carbonyl (C=O) groups is 1. The molecule has 7 heteroatoms. The first-order chi connectivity index (χ1) is 12.6. The van der Waals surface area contributed by atoms with Gasteiger partial charge in [-0.2, -0.15) is 0 Å². The van der Waals surface area contributed by atoms with E-state index in [1.165, 1.54) is 0 Å². The molecule has 0 aromatic heterocycles. The van der Waals surface area contributed by atoms with Crippen LogP contribution in [0.3, 0.4) is 0 Å². The fourth-order valence-electron chi connectivity index (χ4n) is 2.91. The van der Waals surface area contributed by atoms with Gasteiger partial charge in [0, 0.05) is 43.4 Å². The minimum absolute atomic E-state index is 0.103. The molecule has 1 N–H and O–H groups in total. The fraction of sp³-hybridized carbons (Fsp3) is 0.316. The van der Waals surface area contributed by atoms with E-state index in [-0.39, 0.29) is 6.03 Å². The lowest BCUT2D eigenvalue weighted by molar-refractivity contribution is 0.195. The number of anilines is 1. The smallest absolute Gasteiger partial charge is 0.317 e. The van der Waals surface area contributed by atoms with Crippen molar-refractivity contribution in [1.29, 1.82) is 0 Å². The molecule has 2 aromatic carbocycles. The quantitative estimate of drug-likeness (QED) is 0.852. The molecule has 0 spiro atoms. The van der Waals surface area contributed by atoms with E-state index in [1.54, 1.807) is 4.90 Å². The number of para-hydroxylation sites is 1. The molecular weight excluding hydrogens is 370 g/mol. The SMILES string of the molecule is O=C(NCC[S@](=O)c1ccccc1)N1CCN(c2ccccc2Cl)CC1. The second kappa shape index (κ2) is 9.05. The van der Waals surface area contributed by atoms with E-state index in [4.69, 9.17) is 11.6 Å². The maximum Gasteiger partial charge on any atom is 0.317 e. The van der Waals surface area contributed by atoms with Gasteiger partial charge < -0.3 is 15.1 Å². The molecular formula is C19H22ClN3O2S. The summed E-state index contributed by atoms with van der Waals surface area (Å²) in [5.74, 6) is 0.412. The van der Waals surface area contributed by atoms with Crippen molar-refractivity contribution < 1.29 is 9.00 Å². The summed E-state index contributed by atoms with van der Waals surface area (Å²) in [7, 11) is -1.09. The molecule has 1 atom stereocenters. The average Bonchev–Trinajstić information content (AvgIpc) is 2.69. The molecule has 1 saturated heterocycles. The van der Waals surface area contributed by atoms with Crippen LogP contribution >= 0.6 is 11.6 Å². The predicted octanol–water partition coefficient (Wildman–Crippen LogP) is 2.98. The Morgan fingerprint density at radius 2 is 1.65 bits per heavy atom. The molecule has 0 saturated carbocycles. The van der Waals surface area contributed by atoms with Gasteiger partial charge in [-0.15, -0.1) is 0 Å². The Morgan fingerprint density at radius 1 is 1.00 bits per heavy atom. The zero-order valence-corrected chi connectivity index (χ0v) is 16.0. The summed E-state index contributed by atoms with van der Waals surface area (Å²) in [5, 5.41) is 3.60. The van der Waals surface area contributed by atoms with Gasteiger partial charge in [-0.25, -0.2) is 4.79 Å². The van der Waals surface area contributed by atoms with Crippen LogP contribution in [0.2, 0.25) is 5.02 Å². The minimum Gasteiger partial charge on any atom is -0.367 e. The van der Waals surface area contributed by atoms with Crippen LogP contribution in [0.1, 0.15) is 0 Å². The number of urea groups is 1. The van der Waals surface area contributed by atoms with E-state index >= 15 is 0 Å². The van der Waals surface area contributed by atoms with Crippen LogP contribution in [0.25, 0.3) is 0 Å². The van der Waals surface area contributed by atoms with Crippen molar-refractivity contribution in [2.45, 2.75) is 4.90 Å². The molecule has 0 radical (unpaired) electrons. The number of piperazine rings is 1. The number of benzene rings is 2.